The lowest BCUT2D eigenvalue weighted by molar-refractivity contribution is -0.769. The molecular formula is C11H21N3O4S. The largest absolute Gasteiger partial charge is 0.352 e. The van der Waals surface area contributed by atoms with Gasteiger partial charge < -0.3 is 15.9 Å². The summed E-state index contributed by atoms with van der Waals surface area (Å²) in [5, 5.41) is 12.3. The van der Waals surface area contributed by atoms with Crippen LogP contribution >= 0.6 is 12.6 Å². The van der Waals surface area contributed by atoms with E-state index in [4.69, 9.17) is 5.73 Å². The van der Waals surface area contributed by atoms with Crippen molar-refractivity contribution in [2.24, 2.45) is 5.73 Å². The molecule has 1 unspecified atom stereocenters. The maximum absolute atomic E-state index is 11.9. The summed E-state index contributed by atoms with van der Waals surface area (Å²) < 4.78 is -0.587. The third-order valence-corrected chi connectivity index (χ3v) is 3.58. The molecule has 0 radical (unpaired) electrons. The molecule has 0 aromatic rings. The third kappa shape index (κ3) is 5.23. The third-order valence-electron chi connectivity index (χ3n) is 3.30. The molecule has 0 aromatic carbocycles. The fourth-order valence-corrected chi connectivity index (χ4v) is 2.16. The molecule has 0 aromatic heterocycles. The molecule has 1 aliphatic carbocycles. The average molecular weight is 291 g/mol. The molecule has 0 saturated heterocycles. The van der Waals surface area contributed by atoms with Gasteiger partial charge in [0, 0.05) is 10.8 Å². The van der Waals surface area contributed by atoms with Crippen LogP contribution in [0.2, 0.25) is 0 Å². The second-order valence-corrected chi connectivity index (χ2v) is 6.60. The van der Waals surface area contributed by atoms with Crippen molar-refractivity contribution in [3.05, 3.63) is 10.1 Å². The second-order valence-electron chi connectivity index (χ2n) is 5.44. The van der Waals surface area contributed by atoms with Crippen LogP contribution in [0.4, 0.5) is 0 Å². The summed E-state index contributed by atoms with van der Waals surface area (Å²) in [6.07, 6.45) is 2.07. The maximum Gasteiger partial charge on any atom is 0.294 e. The van der Waals surface area contributed by atoms with Crippen molar-refractivity contribution in [1.82, 2.24) is 5.32 Å². The highest BCUT2D eigenvalue weighted by Crippen LogP contribution is 2.22. The fraction of sp³-hybridized carbons (Fsp3) is 0.909. The highest BCUT2D eigenvalue weighted by molar-refractivity contribution is 7.81. The van der Waals surface area contributed by atoms with Gasteiger partial charge in [-0.3, -0.25) is 4.79 Å². The van der Waals surface area contributed by atoms with Crippen molar-refractivity contribution >= 4 is 18.5 Å². The summed E-state index contributed by atoms with van der Waals surface area (Å²) in [5.41, 5.74) is 5.80. The molecule has 3 N–H and O–H groups in total. The van der Waals surface area contributed by atoms with Crippen LogP contribution in [0.3, 0.4) is 0 Å². The minimum Gasteiger partial charge on any atom is -0.352 e. The lowest BCUT2D eigenvalue weighted by atomic mass is 9.92. The molecule has 1 rings (SSSR count). The first-order valence-electron chi connectivity index (χ1n) is 6.29. The summed E-state index contributed by atoms with van der Waals surface area (Å²) in [5.74, 6) is -0.237. The topological polar surface area (TPSA) is 107 Å². The van der Waals surface area contributed by atoms with Crippen LogP contribution in [0.15, 0.2) is 0 Å². The SMILES string of the molecule is CC(C)(S)C(N)C(=O)NC1CCC(O[N+](=O)[O-])CC1. The number of rotatable bonds is 5. The number of nitrogens with zero attached hydrogens (tertiary/aromatic N) is 1. The highest BCUT2D eigenvalue weighted by Gasteiger charge is 2.31. The van der Waals surface area contributed by atoms with Gasteiger partial charge in [-0.1, -0.05) is 0 Å². The van der Waals surface area contributed by atoms with E-state index in [0.29, 0.717) is 25.7 Å². The average Bonchev–Trinajstić information content (AvgIpc) is 2.28. The van der Waals surface area contributed by atoms with Crippen LogP contribution in [0.1, 0.15) is 39.5 Å². The Hall–Kier alpha value is -1.02. The minimum atomic E-state index is -0.761. The van der Waals surface area contributed by atoms with Gasteiger partial charge >= 0.3 is 0 Å². The van der Waals surface area contributed by atoms with Crippen LogP contribution in [0.25, 0.3) is 0 Å². The molecule has 1 amide bonds. The van der Waals surface area contributed by atoms with E-state index < -0.39 is 15.9 Å². The lowest BCUT2D eigenvalue weighted by Crippen LogP contribution is -2.54. The van der Waals surface area contributed by atoms with Crippen LogP contribution in [-0.4, -0.2) is 33.9 Å². The summed E-state index contributed by atoms with van der Waals surface area (Å²) in [7, 11) is 0. The van der Waals surface area contributed by atoms with Gasteiger partial charge in [0.15, 0.2) is 0 Å². The van der Waals surface area contributed by atoms with Gasteiger partial charge in [0.2, 0.25) is 5.91 Å². The number of nitrogens with two attached hydrogens (primary N) is 1. The molecule has 19 heavy (non-hydrogen) atoms. The van der Waals surface area contributed by atoms with E-state index in [1.165, 1.54) is 0 Å². The van der Waals surface area contributed by atoms with Crippen molar-refractivity contribution < 1.29 is 14.7 Å². The van der Waals surface area contributed by atoms with Gasteiger partial charge in [-0.05, 0) is 39.5 Å². The molecule has 110 valence electrons. The molecule has 1 saturated carbocycles. The predicted molar refractivity (Wildman–Crippen MR) is 73.3 cm³/mol. The quantitative estimate of drug-likeness (QED) is 0.392. The Bertz CT molecular complexity index is 337. The summed E-state index contributed by atoms with van der Waals surface area (Å²) in [6, 6.07) is -0.690. The van der Waals surface area contributed by atoms with E-state index in [2.05, 4.69) is 22.8 Å². The lowest BCUT2D eigenvalue weighted by Gasteiger charge is -2.31. The predicted octanol–water partition coefficient (Wildman–Crippen LogP) is 0.658. The molecule has 0 spiro atoms. The molecule has 1 aliphatic rings. The van der Waals surface area contributed by atoms with Gasteiger partial charge in [-0.2, -0.15) is 12.6 Å². The van der Waals surface area contributed by atoms with Crippen LogP contribution < -0.4 is 11.1 Å². The van der Waals surface area contributed by atoms with Crippen molar-refractivity contribution in [2.75, 3.05) is 0 Å². The zero-order valence-electron chi connectivity index (χ0n) is 11.2. The van der Waals surface area contributed by atoms with Crippen molar-refractivity contribution in [1.29, 1.82) is 0 Å². The molecule has 0 aliphatic heterocycles. The van der Waals surface area contributed by atoms with Crippen molar-refractivity contribution in [3.8, 4) is 0 Å². The van der Waals surface area contributed by atoms with Crippen molar-refractivity contribution in [3.63, 3.8) is 0 Å². The van der Waals surface area contributed by atoms with E-state index in [9.17, 15) is 14.9 Å². The Morgan fingerprint density at radius 2 is 2.00 bits per heavy atom. The van der Waals surface area contributed by atoms with Gasteiger partial charge in [-0.25, -0.2) is 0 Å². The first-order chi connectivity index (χ1) is 8.70. The summed E-state index contributed by atoms with van der Waals surface area (Å²) >= 11 is 4.28. The van der Waals surface area contributed by atoms with E-state index in [1.54, 1.807) is 13.8 Å². The Morgan fingerprint density at radius 1 is 1.47 bits per heavy atom. The Balaban J connectivity index is 2.37. The maximum atomic E-state index is 11.9. The van der Waals surface area contributed by atoms with Gasteiger partial charge in [0.05, 0.1) is 6.04 Å². The smallest absolute Gasteiger partial charge is 0.294 e. The molecule has 1 atom stereocenters. The van der Waals surface area contributed by atoms with E-state index in [-0.39, 0.29) is 18.1 Å². The summed E-state index contributed by atoms with van der Waals surface area (Å²) in [4.78, 5) is 26.6. The molecule has 8 heteroatoms. The van der Waals surface area contributed by atoms with Crippen LogP contribution in [-0.2, 0) is 9.63 Å². The minimum absolute atomic E-state index is 0.000775. The molecule has 0 bridgehead atoms. The zero-order valence-corrected chi connectivity index (χ0v) is 12.1. The molecule has 7 nitrogen and oxygen atoms in total. The van der Waals surface area contributed by atoms with Gasteiger partial charge in [0.25, 0.3) is 5.09 Å². The van der Waals surface area contributed by atoms with E-state index in [0.717, 1.165) is 0 Å². The monoisotopic (exact) mass is 291 g/mol. The van der Waals surface area contributed by atoms with Crippen LogP contribution in [0, 0.1) is 10.1 Å². The molecule has 1 fully saturated rings. The first-order valence-corrected chi connectivity index (χ1v) is 6.74. The number of nitrogens with one attached hydrogen (secondary N) is 1. The highest BCUT2D eigenvalue weighted by atomic mass is 32.1. The number of hydrogen-bond donors (Lipinski definition) is 3. The fourth-order valence-electron chi connectivity index (χ4n) is 2.05. The Morgan fingerprint density at radius 3 is 2.42 bits per heavy atom. The van der Waals surface area contributed by atoms with Gasteiger partial charge in [0.1, 0.15) is 6.10 Å². The number of hydrogen-bond acceptors (Lipinski definition) is 6. The summed E-state index contributed by atoms with van der Waals surface area (Å²) in [6.45, 7) is 3.56. The standard InChI is InChI=1S/C11H21N3O4S/c1-11(2,19)9(12)10(15)13-7-3-5-8(6-4-7)18-14(16)17/h7-9,19H,3-6,12H2,1-2H3,(H,13,15). The molecular weight excluding hydrogens is 270 g/mol. The van der Waals surface area contributed by atoms with Crippen molar-refractivity contribution in [2.45, 2.75) is 62.5 Å². The Kier molecular flexibility index (Phi) is 5.42. The zero-order chi connectivity index (χ0) is 14.6. The number of thiol groups is 1. The van der Waals surface area contributed by atoms with E-state index in [1.807, 2.05) is 0 Å². The molecule has 0 heterocycles. The van der Waals surface area contributed by atoms with Gasteiger partial charge in [-0.15, -0.1) is 10.1 Å². The second kappa shape index (κ2) is 6.42. The van der Waals surface area contributed by atoms with E-state index >= 15 is 0 Å². The number of amides is 1. The number of carbonyl (C=O) groups is 1. The number of carbonyl (C=O) groups excluding carboxylic acids is 1. The van der Waals surface area contributed by atoms with Crippen LogP contribution in [0.5, 0.6) is 0 Å². The first kappa shape index (κ1) is 16.0. The normalized spacial score (nSPS) is 25.5. The Labute approximate surface area is 117 Å².